The van der Waals surface area contributed by atoms with E-state index in [0.29, 0.717) is 15.6 Å². The molecule has 0 unspecified atom stereocenters. The van der Waals surface area contributed by atoms with E-state index in [1.165, 1.54) is 74.9 Å². The maximum Gasteiger partial charge on any atom is 0.148 e. The van der Waals surface area contributed by atoms with Crippen molar-refractivity contribution in [2.24, 2.45) is 0 Å². The van der Waals surface area contributed by atoms with Crippen LogP contribution in [0.5, 0.6) is 0 Å². The highest BCUT2D eigenvalue weighted by molar-refractivity contribution is 7.98. The van der Waals surface area contributed by atoms with Crippen molar-refractivity contribution in [2.75, 3.05) is 11.5 Å². The van der Waals surface area contributed by atoms with Crippen molar-refractivity contribution in [3.8, 4) is 0 Å². The maximum absolute atomic E-state index is 2.54. The number of benzene rings is 1. The average Bonchev–Trinajstić information content (AvgIpc) is 3.26. The van der Waals surface area contributed by atoms with Crippen LogP contribution in [0.1, 0.15) is 88.7 Å². The summed E-state index contributed by atoms with van der Waals surface area (Å²) < 4.78 is 0.384. The Morgan fingerprint density at radius 1 is 0.875 bits per heavy atom. The molecule has 0 atom stereocenters. The number of allylic oxidation sites excluding steroid dienone is 1. The van der Waals surface area contributed by atoms with Crippen molar-refractivity contribution in [1.82, 2.24) is 0 Å². The summed E-state index contributed by atoms with van der Waals surface area (Å²) in [6.45, 7) is 5.08. The van der Waals surface area contributed by atoms with Gasteiger partial charge in [-0.15, -0.1) is 0 Å². The molecule has 3 aliphatic rings. The van der Waals surface area contributed by atoms with E-state index in [1.807, 2.05) is 0 Å². The minimum atomic E-state index is 0.384. The van der Waals surface area contributed by atoms with Crippen LogP contribution >= 0.6 is 0 Å². The fourth-order valence-corrected chi connectivity index (χ4v) is 7.84. The fraction of sp³-hybridized carbons (Fsp3) is 0.652. The lowest BCUT2D eigenvalue weighted by atomic mass is 9.83. The molecular formula is C23H33S+. The molecular weight excluding hydrogens is 308 g/mol. The molecule has 0 nitrogen and oxygen atoms in total. The third kappa shape index (κ3) is 3.34. The first kappa shape index (κ1) is 16.8. The van der Waals surface area contributed by atoms with Gasteiger partial charge in [-0.2, -0.15) is 0 Å². The van der Waals surface area contributed by atoms with Crippen LogP contribution in [-0.4, -0.2) is 16.3 Å². The number of hydrogen-bond donors (Lipinski definition) is 0. The molecule has 0 radical (unpaired) electrons. The number of rotatable bonds is 4. The van der Waals surface area contributed by atoms with Crippen LogP contribution in [0.3, 0.4) is 0 Å². The Labute approximate surface area is 151 Å². The Bertz CT molecular complexity index is 589. The summed E-state index contributed by atoms with van der Waals surface area (Å²) >= 11 is 0. The van der Waals surface area contributed by atoms with Crippen molar-refractivity contribution in [2.45, 2.75) is 82.3 Å². The lowest BCUT2D eigenvalue weighted by molar-refractivity contribution is 0.443. The lowest BCUT2D eigenvalue weighted by Crippen LogP contribution is -2.35. The van der Waals surface area contributed by atoms with Crippen LogP contribution in [0.4, 0.5) is 0 Å². The summed E-state index contributed by atoms with van der Waals surface area (Å²) in [6, 6.07) is 9.85. The molecule has 24 heavy (non-hydrogen) atoms. The molecule has 2 saturated carbocycles. The molecule has 130 valence electrons. The minimum Gasteiger partial charge on any atom is -0.0605 e. The van der Waals surface area contributed by atoms with Gasteiger partial charge in [0, 0.05) is 5.57 Å². The van der Waals surface area contributed by atoms with Gasteiger partial charge in [0.25, 0.3) is 0 Å². The normalized spacial score (nSPS) is 22.8. The van der Waals surface area contributed by atoms with Crippen molar-refractivity contribution in [3.63, 3.8) is 0 Å². The van der Waals surface area contributed by atoms with Gasteiger partial charge in [0.1, 0.15) is 16.3 Å². The van der Waals surface area contributed by atoms with E-state index in [2.05, 4.69) is 38.1 Å². The monoisotopic (exact) mass is 341 g/mol. The Hall–Kier alpha value is -0.690. The quantitative estimate of drug-likeness (QED) is 0.550. The molecule has 3 fully saturated rings. The topological polar surface area (TPSA) is 0 Å². The van der Waals surface area contributed by atoms with E-state index in [-0.39, 0.29) is 0 Å². The smallest absolute Gasteiger partial charge is 0.0605 e. The molecule has 0 bridgehead atoms. The largest absolute Gasteiger partial charge is 0.148 e. The predicted molar refractivity (Wildman–Crippen MR) is 109 cm³/mol. The second-order valence-electron chi connectivity index (χ2n) is 8.55. The summed E-state index contributed by atoms with van der Waals surface area (Å²) in [5, 5.41) is 0. The molecule has 1 saturated heterocycles. The first-order valence-electron chi connectivity index (χ1n) is 10.2. The van der Waals surface area contributed by atoms with Gasteiger partial charge in [0.05, 0.1) is 0 Å². The van der Waals surface area contributed by atoms with Crippen LogP contribution < -0.4 is 0 Å². The standard InChI is InChI=1S/C23H33S/c1-23(2,24-16-6-7-17-24)22(21-14-15-21)20-12-10-19(11-13-20)18-8-4-3-5-9-18/h10-13,18H,3-9,14-17H2,1-2H3/q+1. The maximum atomic E-state index is 2.54. The highest BCUT2D eigenvalue weighted by Gasteiger charge is 2.46. The summed E-state index contributed by atoms with van der Waals surface area (Å²) in [5.41, 5.74) is 6.61. The van der Waals surface area contributed by atoms with Crippen LogP contribution in [0.2, 0.25) is 0 Å². The van der Waals surface area contributed by atoms with Gasteiger partial charge in [-0.25, -0.2) is 0 Å². The van der Waals surface area contributed by atoms with Gasteiger partial charge in [0.2, 0.25) is 0 Å². The zero-order valence-electron chi connectivity index (χ0n) is 15.6. The number of hydrogen-bond acceptors (Lipinski definition) is 0. The molecule has 0 aromatic heterocycles. The predicted octanol–water partition coefficient (Wildman–Crippen LogP) is 6.47. The van der Waals surface area contributed by atoms with Crippen LogP contribution in [0.15, 0.2) is 29.8 Å². The van der Waals surface area contributed by atoms with E-state index in [9.17, 15) is 0 Å². The molecule has 2 aliphatic carbocycles. The average molecular weight is 342 g/mol. The van der Waals surface area contributed by atoms with Crippen LogP contribution in [0, 0.1) is 0 Å². The van der Waals surface area contributed by atoms with Crippen LogP contribution in [0.25, 0.3) is 5.57 Å². The van der Waals surface area contributed by atoms with Gasteiger partial charge in [-0.1, -0.05) is 49.1 Å². The van der Waals surface area contributed by atoms with Crippen molar-refractivity contribution in [1.29, 1.82) is 0 Å². The molecule has 0 N–H and O–H groups in total. The fourth-order valence-electron chi connectivity index (χ4n) is 4.96. The molecule has 0 spiro atoms. The van der Waals surface area contributed by atoms with E-state index in [4.69, 9.17) is 0 Å². The van der Waals surface area contributed by atoms with Gasteiger partial charge in [0.15, 0.2) is 0 Å². The molecule has 1 aromatic carbocycles. The zero-order valence-corrected chi connectivity index (χ0v) is 16.4. The molecule has 0 amide bonds. The SMILES string of the molecule is CC(C)(C(=C1CC1)c1ccc(C2CCCCC2)cc1)[S+]1CCCC1. The Morgan fingerprint density at radius 2 is 1.50 bits per heavy atom. The van der Waals surface area contributed by atoms with Crippen molar-refractivity contribution in [3.05, 3.63) is 41.0 Å². The zero-order chi connectivity index (χ0) is 16.6. The van der Waals surface area contributed by atoms with E-state index < -0.39 is 0 Å². The first-order chi connectivity index (χ1) is 11.7. The third-order valence-electron chi connectivity index (χ3n) is 6.48. The highest BCUT2D eigenvalue weighted by Crippen LogP contribution is 2.47. The summed E-state index contributed by atoms with van der Waals surface area (Å²) in [6.07, 6.45) is 12.7. The third-order valence-corrected chi connectivity index (χ3v) is 9.70. The second kappa shape index (κ2) is 6.90. The second-order valence-corrected chi connectivity index (χ2v) is 11.4. The van der Waals surface area contributed by atoms with E-state index in [0.717, 1.165) is 5.92 Å². The first-order valence-corrected chi connectivity index (χ1v) is 11.7. The summed E-state index contributed by atoms with van der Waals surface area (Å²) in [5.74, 6) is 3.75. The van der Waals surface area contributed by atoms with Crippen molar-refractivity contribution >= 4 is 16.5 Å². The Kier molecular flexibility index (Phi) is 4.82. The molecule has 1 heteroatoms. The summed E-state index contributed by atoms with van der Waals surface area (Å²) in [4.78, 5) is 0. The van der Waals surface area contributed by atoms with E-state index >= 15 is 0 Å². The Morgan fingerprint density at radius 3 is 2.08 bits per heavy atom. The Balaban J connectivity index is 1.59. The summed E-state index contributed by atoms with van der Waals surface area (Å²) in [7, 11) is 0.584. The van der Waals surface area contributed by atoms with Gasteiger partial charge in [-0.05, 0) is 80.3 Å². The van der Waals surface area contributed by atoms with E-state index in [1.54, 1.807) is 16.7 Å². The van der Waals surface area contributed by atoms with Crippen molar-refractivity contribution < 1.29 is 0 Å². The highest BCUT2D eigenvalue weighted by atomic mass is 32.2. The molecule has 4 rings (SSSR count). The lowest BCUT2D eigenvalue weighted by Gasteiger charge is -2.28. The van der Waals surface area contributed by atoms with Gasteiger partial charge >= 0.3 is 0 Å². The van der Waals surface area contributed by atoms with Crippen LogP contribution in [-0.2, 0) is 10.9 Å². The molecule has 1 heterocycles. The van der Waals surface area contributed by atoms with Gasteiger partial charge < -0.3 is 0 Å². The molecule has 1 aromatic rings. The minimum absolute atomic E-state index is 0.384. The van der Waals surface area contributed by atoms with Gasteiger partial charge in [-0.3, -0.25) is 0 Å². The molecule has 1 aliphatic heterocycles.